The van der Waals surface area contributed by atoms with Crippen molar-refractivity contribution in [2.45, 2.75) is 19.5 Å². The lowest BCUT2D eigenvalue weighted by atomic mass is 9.96. The molecule has 0 aliphatic carbocycles. The Balaban J connectivity index is 2.04. The first-order chi connectivity index (χ1) is 8.25. The molecule has 0 fully saturated rings. The molecule has 0 amide bonds. The molecule has 0 spiro atoms. The molecule has 0 saturated carbocycles. The van der Waals surface area contributed by atoms with Crippen LogP contribution in [0.15, 0.2) is 42.5 Å². The highest BCUT2D eigenvalue weighted by Crippen LogP contribution is 2.32. The topological polar surface area (TPSA) is 12.0 Å². The van der Waals surface area contributed by atoms with Crippen molar-refractivity contribution in [2.24, 2.45) is 0 Å². The molecular formula is C15H14ClN. The lowest BCUT2D eigenvalue weighted by molar-refractivity contribution is 0.667. The lowest BCUT2D eigenvalue weighted by Crippen LogP contribution is -2.12. The van der Waals surface area contributed by atoms with Gasteiger partial charge in [-0.25, -0.2) is 0 Å². The summed E-state index contributed by atoms with van der Waals surface area (Å²) < 4.78 is 0. The number of rotatable bonds is 1. The summed E-state index contributed by atoms with van der Waals surface area (Å²) in [6.07, 6.45) is 0. The molecule has 0 radical (unpaired) electrons. The van der Waals surface area contributed by atoms with E-state index in [9.17, 15) is 0 Å². The summed E-state index contributed by atoms with van der Waals surface area (Å²) in [6.45, 7) is 3.13. The van der Waals surface area contributed by atoms with Gasteiger partial charge in [0.2, 0.25) is 0 Å². The van der Waals surface area contributed by atoms with Crippen molar-refractivity contribution in [3.8, 4) is 0 Å². The largest absolute Gasteiger partial charge is 0.302 e. The fraction of sp³-hybridized carbons (Fsp3) is 0.200. The van der Waals surface area contributed by atoms with Crippen LogP contribution in [-0.4, -0.2) is 0 Å². The number of aryl methyl sites for hydroxylation is 1. The van der Waals surface area contributed by atoms with Crippen LogP contribution in [-0.2, 0) is 6.54 Å². The molecule has 1 heterocycles. The molecule has 0 saturated heterocycles. The number of halogens is 1. The quantitative estimate of drug-likeness (QED) is 0.803. The van der Waals surface area contributed by atoms with Crippen molar-refractivity contribution in [1.29, 1.82) is 0 Å². The molecule has 2 aromatic carbocycles. The molecule has 0 bridgehead atoms. The minimum absolute atomic E-state index is 0.308. The van der Waals surface area contributed by atoms with E-state index in [1.165, 1.54) is 22.3 Å². The van der Waals surface area contributed by atoms with Gasteiger partial charge in [0.05, 0.1) is 6.04 Å². The summed E-state index contributed by atoms with van der Waals surface area (Å²) in [5.74, 6) is 0. The number of benzene rings is 2. The van der Waals surface area contributed by atoms with Gasteiger partial charge in [-0.15, -0.1) is 0 Å². The van der Waals surface area contributed by atoms with Crippen LogP contribution < -0.4 is 5.32 Å². The molecule has 17 heavy (non-hydrogen) atoms. The lowest BCUT2D eigenvalue weighted by Gasteiger charge is -2.13. The monoisotopic (exact) mass is 243 g/mol. The first-order valence-corrected chi connectivity index (χ1v) is 6.21. The van der Waals surface area contributed by atoms with Crippen LogP contribution in [0.1, 0.15) is 28.3 Å². The standard InChI is InChI=1S/C15H14ClN/c1-10-3-2-4-13-14(10)9-17-15(13)11-5-7-12(16)8-6-11/h2-8,15,17H,9H2,1H3. The minimum Gasteiger partial charge on any atom is -0.302 e. The molecule has 1 nitrogen and oxygen atoms in total. The van der Waals surface area contributed by atoms with Crippen LogP contribution >= 0.6 is 11.6 Å². The zero-order valence-electron chi connectivity index (χ0n) is 9.70. The Morgan fingerprint density at radius 1 is 1.12 bits per heavy atom. The minimum atomic E-state index is 0.308. The molecule has 1 unspecified atom stereocenters. The molecule has 1 atom stereocenters. The van der Waals surface area contributed by atoms with Crippen LogP contribution in [0.25, 0.3) is 0 Å². The highest BCUT2D eigenvalue weighted by atomic mass is 35.5. The third-order valence-corrected chi connectivity index (χ3v) is 3.70. The van der Waals surface area contributed by atoms with Crippen LogP contribution in [0, 0.1) is 6.92 Å². The Kier molecular flexibility index (Phi) is 2.65. The summed E-state index contributed by atoms with van der Waals surface area (Å²) >= 11 is 5.92. The summed E-state index contributed by atoms with van der Waals surface area (Å²) in [5.41, 5.74) is 5.48. The van der Waals surface area contributed by atoms with E-state index < -0.39 is 0 Å². The molecular weight excluding hydrogens is 230 g/mol. The van der Waals surface area contributed by atoms with E-state index in [4.69, 9.17) is 11.6 Å². The molecule has 1 aliphatic rings. The third-order valence-electron chi connectivity index (χ3n) is 3.44. The molecule has 1 N–H and O–H groups in total. The van der Waals surface area contributed by atoms with Gasteiger partial charge in [-0.05, 0) is 41.3 Å². The van der Waals surface area contributed by atoms with Gasteiger partial charge in [-0.2, -0.15) is 0 Å². The summed E-state index contributed by atoms with van der Waals surface area (Å²) in [7, 11) is 0. The van der Waals surface area contributed by atoms with Crippen molar-refractivity contribution in [3.63, 3.8) is 0 Å². The Labute approximate surface area is 106 Å². The Bertz CT molecular complexity index is 545. The average molecular weight is 244 g/mol. The maximum atomic E-state index is 5.92. The van der Waals surface area contributed by atoms with Gasteiger partial charge in [0.15, 0.2) is 0 Å². The third kappa shape index (κ3) is 1.86. The summed E-state index contributed by atoms with van der Waals surface area (Å²) in [5, 5.41) is 4.34. The van der Waals surface area contributed by atoms with Gasteiger partial charge >= 0.3 is 0 Å². The van der Waals surface area contributed by atoms with E-state index in [1.807, 2.05) is 12.1 Å². The van der Waals surface area contributed by atoms with Crippen molar-refractivity contribution < 1.29 is 0 Å². The van der Waals surface area contributed by atoms with Crippen molar-refractivity contribution in [3.05, 3.63) is 69.7 Å². The van der Waals surface area contributed by atoms with E-state index >= 15 is 0 Å². The average Bonchev–Trinajstić information content (AvgIpc) is 2.75. The van der Waals surface area contributed by atoms with Crippen LogP contribution in [0.3, 0.4) is 0 Å². The molecule has 2 heteroatoms. The highest BCUT2D eigenvalue weighted by Gasteiger charge is 2.23. The smallest absolute Gasteiger partial charge is 0.0582 e. The second kappa shape index (κ2) is 4.17. The maximum absolute atomic E-state index is 5.92. The summed E-state index contributed by atoms with van der Waals surface area (Å²) in [4.78, 5) is 0. The fourth-order valence-corrected chi connectivity index (χ4v) is 2.63. The first-order valence-electron chi connectivity index (χ1n) is 5.83. The predicted molar refractivity (Wildman–Crippen MR) is 71.3 cm³/mol. The fourth-order valence-electron chi connectivity index (χ4n) is 2.50. The maximum Gasteiger partial charge on any atom is 0.0582 e. The zero-order chi connectivity index (χ0) is 11.8. The second-order valence-electron chi connectivity index (χ2n) is 4.51. The van der Waals surface area contributed by atoms with E-state index in [1.54, 1.807) is 0 Å². The zero-order valence-corrected chi connectivity index (χ0v) is 10.5. The van der Waals surface area contributed by atoms with Gasteiger partial charge in [0.25, 0.3) is 0 Å². The van der Waals surface area contributed by atoms with Crippen LogP contribution in [0.4, 0.5) is 0 Å². The van der Waals surface area contributed by atoms with E-state index in [2.05, 4.69) is 42.6 Å². The molecule has 2 aromatic rings. The Hall–Kier alpha value is -1.31. The molecule has 3 rings (SSSR count). The first kappa shape index (κ1) is 10.8. The summed E-state index contributed by atoms with van der Waals surface area (Å²) in [6, 6.07) is 14.9. The van der Waals surface area contributed by atoms with Crippen molar-refractivity contribution >= 4 is 11.6 Å². The number of fused-ring (bicyclic) bond motifs is 1. The van der Waals surface area contributed by atoms with E-state index in [0.717, 1.165) is 11.6 Å². The second-order valence-corrected chi connectivity index (χ2v) is 4.94. The number of hydrogen-bond donors (Lipinski definition) is 1. The SMILES string of the molecule is Cc1cccc2c1CNC2c1ccc(Cl)cc1. The number of hydrogen-bond acceptors (Lipinski definition) is 1. The molecule has 1 aliphatic heterocycles. The van der Waals surface area contributed by atoms with Gasteiger partial charge in [0, 0.05) is 11.6 Å². The number of nitrogens with one attached hydrogen (secondary N) is 1. The molecule has 0 aromatic heterocycles. The van der Waals surface area contributed by atoms with Crippen LogP contribution in [0.2, 0.25) is 5.02 Å². The predicted octanol–water partition coefficient (Wildman–Crippen LogP) is 3.84. The normalized spacial score (nSPS) is 18.1. The highest BCUT2D eigenvalue weighted by molar-refractivity contribution is 6.30. The van der Waals surface area contributed by atoms with Gasteiger partial charge in [-0.3, -0.25) is 0 Å². The van der Waals surface area contributed by atoms with Gasteiger partial charge < -0.3 is 5.32 Å². The molecule has 86 valence electrons. The Morgan fingerprint density at radius 2 is 1.88 bits per heavy atom. The van der Waals surface area contributed by atoms with E-state index in [0.29, 0.717) is 6.04 Å². The van der Waals surface area contributed by atoms with Crippen LogP contribution in [0.5, 0.6) is 0 Å². The van der Waals surface area contributed by atoms with Gasteiger partial charge in [-0.1, -0.05) is 41.9 Å². The Morgan fingerprint density at radius 3 is 2.65 bits per heavy atom. The van der Waals surface area contributed by atoms with Crippen molar-refractivity contribution in [1.82, 2.24) is 5.32 Å². The van der Waals surface area contributed by atoms with E-state index in [-0.39, 0.29) is 0 Å². The van der Waals surface area contributed by atoms with Gasteiger partial charge in [0.1, 0.15) is 0 Å². The van der Waals surface area contributed by atoms with Crippen molar-refractivity contribution in [2.75, 3.05) is 0 Å².